The van der Waals surface area contributed by atoms with Crippen LogP contribution in [0.2, 0.25) is 5.02 Å². The van der Waals surface area contributed by atoms with Crippen LogP contribution >= 0.6 is 11.6 Å². The number of nitrogens with zero attached hydrogens (tertiary/aromatic N) is 1. The quantitative estimate of drug-likeness (QED) is 0.203. The highest BCUT2D eigenvalue weighted by molar-refractivity contribution is 6.30. The molecule has 1 amide bonds. The fourth-order valence-corrected chi connectivity index (χ4v) is 3.84. The maximum absolute atomic E-state index is 12.4. The van der Waals surface area contributed by atoms with Gasteiger partial charge >= 0.3 is 5.97 Å². The summed E-state index contributed by atoms with van der Waals surface area (Å²) in [4.78, 5) is 24.6. The van der Waals surface area contributed by atoms with E-state index < -0.39 is 5.97 Å². The molecule has 1 aliphatic carbocycles. The van der Waals surface area contributed by atoms with E-state index in [0.717, 1.165) is 12.0 Å². The lowest BCUT2D eigenvalue weighted by molar-refractivity contribution is -0.122. The van der Waals surface area contributed by atoms with Crippen LogP contribution in [0.15, 0.2) is 77.9 Å². The molecule has 34 heavy (non-hydrogen) atoms. The Hall–Kier alpha value is -3.44. The summed E-state index contributed by atoms with van der Waals surface area (Å²) in [6.45, 7) is 6.57. The summed E-state index contributed by atoms with van der Waals surface area (Å²) in [5.41, 5.74) is 6.42. The number of carbonyl (C=O) groups excluding carboxylic acids is 2. The number of esters is 1. The summed E-state index contributed by atoms with van der Waals surface area (Å²) >= 11 is 5.84. The van der Waals surface area contributed by atoms with Crippen LogP contribution in [0.1, 0.15) is 60.2 Å². The van der Waals surface area contributed by atoms with Crippen molar-refractivity contribution in [3.8, 4) is 5.75 Å². The van der Waals surface area contributed by atoms with Gasteiger partial charge in [0.1, 0.15) is 5.75 Å². The van der Waals surface area contributed by atoms with E-state index >= 15 is 0 Å². The Morgan fingerprint density at radius 1 is 0.971 bits per heavy atom. The molecule has 6 heteroatoms. The van der Waals surface area contributed by atoms with Crippen LogP contribution in [-0.2, 0) is 10.2 Å². The van der Waals surface area contributed by atoms with Gasteiger partial charge in [0.25, 0.3) is 0 Å². The van der Waals surface area contributed by atoms with Gasteiger partial charge in [-0.25, -0.2) is 10.2 Å². The molecule has 3 aromatic carbocycles. The number of halogens is 1. The van der Waals surface area contributed by atoms with E-state index in [1.807, 2.05) is 0 Å². The molecule has 0 saturated heterocycles. The van der Waals surface area contributed by atoms with Crippen molar-refractivity contribution >= 4 is 29.7 Å². The molecule has 4 rings (SSSR count). The van der Waals surface area contributed by atoms with Crippen LogP contribution in [0.25, 0.3) is 0 Å². The van der Waals surface area contributed by atoms with Gasteiger partial charge in [0, 0.05) is 10.9 Å². The molecule has 174 valence electrons. The van der Waals surface area contributed by atoms with Gasteiger partial charge < -0.3 is 4.74 Å². The summed E-state index contributed by atoms with van der Waals surface area (Å²) in [6.07, 6.45) is 2.40. The van der Waals surface area contributed by atoms with Gasteiger partial charge in [-0.1, -0.05) is 56.6 Å². The van der Waals surface area contributed by atoms with Crippen molar-refractivity contribution in [2.24, 2.45) is 11.0 Å². The van der Waals surface area contributed by atoms with E-state index in [-0.39, 0.29) is 23.2 Å². The average Bonchev–Trinajstić information content (AvgIpc) is 3.61. The normalized spacial score (nSPS) is 17.4. The van der Waals surface area contributed by atoms with Gasteiger partial charge in [-0.3, -0.25) is 4.79 Å². The van der Waals surface area contributed by atoms with Crippen molar-refractivity contribution in [1.82, 2.24) is 5.43 Å². The van der Waals surface area contributed by atoms with Crippen molar-refractivity contribution in [2.75, 3.05) is 0 Å². The second-order valence-corrected chi connectivity index (χ2v) is 9.96. The predicted octanol–water partition coefficient (Wildman–Crippen LogP) is 6.11. The third-order valence-corrected chi connectivity index (χ3v) is 6.14. The van der Waals surface area contributed by atoms with E-state index in [1.54, 1.807) is 54.7 Å². The van der Waals surface area contributed by atoms with E-state index in [9.17, 15) is 9.59 Å². The van der Waals surface area contributed by atoms with Crippen molar-refractivity contribution in [2.45, 2.75) is 38.5 Å². The fourth-order valence-electron chi connectivity index (χ4n) is 3.71. The van der Waals surface area contributed by atoms with Gasteiger partial charge in [0.05, 0.1) is 11.8 Å². The van der Waals surface area contributed by atoms with Gasteiger partial charge in [0.15, 0.2) is 0 Å². The largest absolute Gasteiger partial charge is 0.423 e. The van der Waals surface area contributed by atoms with Gasteiger partial charge in [-0.05, 0) is 83.0 Å². The number of amides is 1. The molecule has 0 aromatic heterocycles. The third-order valence-electron chi connectivity index (χ3n) is 5.89. The van der Waals surface area contributed by atoms with E-state index in [0.29, 0.717) is 16.3 Å². The summed E-state index contributed by atoms with van der Waals surface area (Å²) in [7, 11) is 0. The zero-order valence-corrected chi connectivity index (χ0v) is 20.2. The van der Waals surface area contributed by atoms with Crippen LogP contribution in [0.5, 0.6) is 5.75 Å². The van der Waals surface area contributed by atoms with Crippen LogP contribution in [0, 0.1) is 5.92 Å². The molecular weight excluding hydrogens is 448 g/mol. The molecule has 1 saturated carbocycles. The average molecular weight is 475 g/mol. The first-order valence-corrected chi connectivity index (χ1v) is 11.6. The van der Waals surface area contributed by atoms with Crippen LogP contribution < -0.4 is 10.2 Å². The minimum Gasteiger partial charge on any atom is -0.423 e. The van der Waals surface area contributed by atoms with Crippen molar-refractivity contribution in [3.05, 3.63) is 100 Å². The monoisotopic (exact) mass is 474 g/mol. The molecule has 0 aliphatic heterocycles. The highest BCUT2D eigenvalue weighted by Gasteiger charge is 2.44. The topological polar surface area (TPSA) is 67.8 Å². The summed E-state index contributed by atoms with van der Waals surface area (Å²) in [5.74, 6) is 0.0811. The van der Waals surface area contributed by atoms with Crippen LogP contribution in [0.4, 0.5) is 0 Å². The number of ether oxygens (including phenoxy) is 1. The molecule has 5 nitrogen and oxygen atoms in total. The maximum atomic E-state index is 12.4. The standard InChI is InChI=1S/C28H27ClN2O3/c1-28(2,3)21-10-6-19(7-11-21)24-16-25(24)26(32)31-30-17-18-4-14-23(15-5-18)34-27(33)20-8-12-22(29)13-9-20/h4-15,17,24-25H,16H2,1-3H3,(H,31,32)/b30-17+/t24-,25+/m1/s1. The highest BCUT2D eigenvalue weighted by atomic mass is 35.5. The first kappa shape index (κ1) is 23.7. The Kier molecular flexibility index (Phi) is 6.85. The second kappa shape index (κ2) is 9.82. The van der Waals surface area contributed by atoms with Gasteiger partial charge in [0.2, 0.25) is 5.91 Å². The molecular formula is C28H27ClN2O3. The van der Waals surface area contributed by atoms with Crippen LogP contribution in [-0.4, -0.2) is 18.1 Å². The first-order chi connectivity index (χ1) is 16.2. The Morgan fingerprint density at radius 2 is 1.62 bits per heavy atom. The number of carbonyl (C=O) groups is 2. The Bertz CT molecular complexity index is 1190. The number of hydrazone groups is 1. The molecule has 1 aliphatic rings. The molecule has 0 spiro atoms. The Morgan fingerprint density at radius 3 is 2.24 bits per heavy atom. The smallest absolute Gasteiger partial charge is 0.343 e. The molecule has 0 heterocycles. The first-order valence-electron chi connectivity index (χ1n) is 11.2. The van der Waals surface area contributed by atoms with Crippen LogP contribution in [0.3, 0.4) is 0 Å². The zero-order valence-electron chi connectivity index (χ0n) is 19.4. The Balaban J connectivity index is 1.26. The molecule has 0 unspecified atom stereocenters. The lowest BCUT2D eigenvalue weighted by Gasteiger charge is -2.19. The minimum atomic E-state index is -0.461. The second-order valence-electron chi connectivity index (χ2n) is 9.52. The third kappa shape index (κ3) is 5.91. The van der Waals surface area contributed by atoms with Crippen molar-refractivity contribution in [3.63, 3.8) is 0 Å². The molecule has 0 bridgehead atoms. The minimum absolute atomic E-state index is 0.0488. The van der Waals surface area contributed by atoms with Crippen molar-refractivity contribution < 1.29 is 14.3 Å². The Labute approximate surface area is 204 Å². The molecule has 1 N–H and O–H groups in total. The van der Waals surface area contributed by atoms with E-state index in [2.05, 4.69) is 55.6 Å². The number of hydrogen-bond acceptors (Lipinski definition) is 4. The molecule has 3 aromatic rings. The van der Waals surface area contributed by atoms with E-state index in [4.69, 9.17) is 16.3 Å². The number of rotatable bonds is 6. The van der Waals surface area contributed by atoms with Gasteiger partial charge in [-0.15, -0.1) is 0 Å². The molecule has 1 fully saturated rings. The number of nitrogens with one attached hydrogen (secondary N) is 1. The highest BCUT2D eigenvalue weighted by Crippen LogP contribution is 2.47. The van der Waals surface area contributed by atoms with E-state index in [1.165, 1.54) is 11.1 Å². The number of benzene rings is 3. The SMILES string of the molecule is CC(C)(C)c1ccc([C@H]2C[C@@H]2C(=O)N/N=C/c2ccc(OC(=O)c3ccc(Cl)cc3)cc2)cc1. The summed E-state index contributed by atoms with van der Waals surface area (Å²) in [6, 6.07) is 21.9. The molecule has 2 atom stereocenters. The predicted molar refractivity (Wildman–Crippen MR) is 135 cm³/mol. The lowest BCUT2D eigenvalue weighted by Crippen LogP contribution is -2.20. The maximum Gasteiger partial charge on any atom is 0.343 e. The molecule has 0 radical (unpaired) electrons. The van der Waals surface area contributed by atoms with Crippen molar-refractivity contribution in [1.29, 1.82) is 0 Å². The summed E-state index contributed by atoms with van der Waals surface area (Å²) in [5, 5.41) is 4.63. The zero-order chi connectivity index (χ0) is 24.3. The summed E-state index contributed by atoms with van der Waals surface area (Å²) < 4.78 is 5.36. The number of hydrogen-bond donors (Lipinski definition) is 1. The van der Waals surface area contributed by atoms with Gasteiger partial charge in [-0.2, -0.15) is 5.10 Å². The fraction of sp³-hybridized carbons (Fsp3) is 0.250. The lowest BCUT2D eigenvalue weighted by atomic mass is 9.86.